The minimum absolute atomic E-state index is 0.0123. The number of thiazole rings is 1. The van der Waals surface area contributed by atoms with Gasteiger partial charge < -0.3 is 4.90 Å². The molecule has 1 fully saturated rings. The molecular weight excluding hydrogens is 502 g/mol. The predicted octanol–water partition coefficient (Wildman–Crippen LogP) is 4.68. The SMILES string of the molecule is O=[N+]([O-])c1cc(S(=O)(=O)N2CCN(c3nc(-c4ccc(F)c(Cl)c4)cs3)CC2)ccc1Cl. The van der Waals surface area contributed by atoms with E-state index in [2.05, 4.69) is 4.98 Å². The van der Waals surface area contributed by atoms with Crippen molar-refractivity contribution in [2.75, 3.05) is 31.1 Å². The van der Waals surface area contributed by atoms with Crippen LogP contribution >= 0.6 is 34.5 Å². The average molecular weight is 517 g/mol. The third kappa shape index (κ3) is 4.44. The number of nitro groups is 1. The summed E-state index contributed by atoms with van der Waals surface area (Å²) in [6, 6.07) is 7.83. The summed E-state index contributed by atoms with van der Waals surface area (Å²) in [4.78, 5) is 16.7. The highest BCUT2D eigenvalue weighted by Gasteiger charge is 2.31. The summed E-state index contributed by atoms with van der Waals surface area (Å²) in [7, 11) is -3.91. The molecule has 0 amide bonds. The van der Waals surface area contributed by atoms with Crippen LogP contribution in [0, 0.1) is 15.9 Å². The highest BCUT2D eigenvalue weighted by molar-refractivity contribution is 7.89. The Kier molecular flexibility index (Phi) is 6.37. The standard InChI is InChI=1S/C19H15Cl2FN4O4S2/c20-14-3-2-13(10-18(14)26(27)28)32(29,30)25-7-5-24(6-8-25)19-23-17(11-31-19)12-1-4-16(22)15(21)9-12/h1-4,9-11H,5-8H2. The van der Waals surface area contributed by atoms with E-state index < -0.39 is 26.5 Å². The molecule has 0 radical (unpaired) electrons. The number of benzene rings is 2. The first kappa shape index (κ1) is 22.9. The van der Waals surface area contributed by atoms with Crippen LogP contribution in [0.2, 0.25) is 10.0 Å². The van der Waals surface area contributed by atoms with E-state index in [4.69, 9.17) is 23.2 Å². The number of rotatable bonds is 5. The molecular formula is C19H15Cl2FN4O4S2. The molecule has 3 aromatic rings. The molecule has 4 rings (SSSR count). The minimum Gasteiger partial charge on any atom is -0.345 e. The van der Waals surface area contributed by atoms with Crippen LogP contribution in [0.25, 0.3) is 11.3 Å². The number of piperazine rings is 1. The van der Waals surface area contributed by atoms with Crippen molar-refractivity contribution in [1.29, 1.82) is 0 Å². The summed E-state index contributed by atoms with van der Waals surface area (Å²) in [5, 5.41) is 13.5. The van der Waals surface area contributed by atoms with Crippen LogP contribution < -0.4 is 4.90 Å². The first-order valence-corrected chi connectivity index (χ1v) is 12.3. The van der Waals surface area contributed by atoms with Gasteiger partial charge in [0.1, 0.15) is 10.8 Å². The summed E-state index contributed by atoms with van der Waals surface area (Å²) in [6.45, 7) is 1.17. The molecule has 8 nitrogen and oxygen atoms in total. The summed E-state index contributed by atoms with van der Waals surface area (Å²) in [6.07, 6.45) is 0. The van der Waals surface area contributed by atoms with Gasteiger partial charge >= 0.3 is 0 Å². The van der Waals surface area contributed by atoms with Crippen molar-refractivity contribution in [3.8, 4) is 11.3 Å². The minimum atomic E-state index is -3.91. The van der Waals surface area contributed by atoms with Crippen LogP contribution in [0.4, 0.5) is 15.2 Å². The van der Waals surface area contributed by atoms with Crippen LogP contribution in [0.5, 0.6) is 0 Å². The van der Waals surface area contributed by atoms with Crippen molar-refractivity contribution >= 4 is 55.4 Å². The molecule has 1 aromatic heterocycles. The second-order valence-electron chi connectivity index (χ2n) is 6.91. The Morgan fingerprint density at radius 2 is 1.78 bits per heavy atom. The fraction of sp³-hybridized carbons (Fsp3) is 0.211. The topological polar surface area (TPSA) is 96.6 Å². The molecule has 2 heterocycles. The maximum Gasteiger partial charge on any atom is 0.289 e. The van der Waals surface area contributed by atoms with Crippen molar-refractivity contribution in [3.63, 3.8) is 0 Å². The van der Waals surface area contributed by atoms with E-state index in [9.17, 15) is 22.9 Å². The van der Waals surface area contributed by atoms with E-state index in [0.29, 0.717) is 29.5 Å². The highest BCUT2D eigenvalue weighted by atomic mass is 35.5. The molecule has 0 atom stereocenters. The highest BCUT2D eigenvalue weighted by Crippen LogP contribution is 2.32. The van der Waals surface area contributed by atoms with E-state index in [1.165, 1.54) is 39.9 Å². The van der Waals surface area contributed by atoms with Gasteiger partial charge in [-0.1, -0.05) is 23.2 Å². The van der Waals surface area contributed by atoms with Gasteiger partial charge in [-0.3, -0.25) is 10.1 Å². The number of hydrogen-bond donors (Lipinski definition) is 0. The fourth-order valence-electron chi connectivity index (χ4n) is 3.26. The molecule has 1 saturated heterocycles. The molecule has 0 saturated carbocycles. The molecule has 168 valence electrons. The number of aromatic nitrogens is 1. The third-order valence-corrected chi connectivity index (χ3v) is 8.37. The molecule has 13 heteroatoms. The second-order valence-corrected chi connectivity index (χ2v) is 10.5. The molecule has 0 bridgehead atoms. The first-order chi connectivity index (χ1) is 15.2. The van der Waals surface area contributed by atoms with Crippen molar-refractivity contribution in [2.24, 2.45) is 0 Å². The maximum absolute atomic E-state index is 13.4. The number of sulfonamides is 1. The summed E-state index contributed by atoms with van der Waals surface area (Å²) >= 11 is 13.0. The van der Waals surface area contributed by atoms with Crippen LogP contribution in [-0.4, -0.2) is 48.8 Å². The number of halogens is 3. The monoisotopic (exact) mass is 516 g/mol. The van der Waals surface area contributed by atoms with Gasteiger partial charge in [-0.2, -0.15) is 4.31 Å². The quantitative estimate of drug-likeness (QED) is 0.360. The van der Waals surface area contributed by atoms with Crippen molar-refractivity contribution in [3.05, 3.63) is 67.8 Å². The predicted molar refractivity (Wildman–Crippen MR) is 122 cm³/mol. The summed E-state index contributed by atoms with van der Waals surface area (Å²) in [5.74, 6) is -0.505. The Hall–Kier alpha value is -2.31. The van der Waals surface area contributed by atoms with Gasteiger partial charge in [0, 0.05) is 43.2 Å². The van der Waals surface area contributed by atoms with Crippen LogP contribution in [0.1, 0.15) is 0 Å². The smallest absolute Gasteiger partial charge is 0.289 e. The molecule has 0 spiro atoms. The lowest BCUT2D eigenvalue weighted by Crippen LogP contribution is -2.48. The molecule has 0 aliphatic carbocycles. The van der Waals surface area contributed by atoms with Gasteiger partial charge in [-0.25, -0.2) is 17.8 Å². The van der Waals surface area contributed by atoms with Gasteiger partial charge in [-0.15, -0.1) is 11.3 Å². The zero-order chi connectivity index (χ0) is 23.0. The van der Waals surface area contributed by atoms with Gasteiger partial charge in [0.25, 0.3) is 5.69 Å². The second kappa shape index (κ2) is 8.91. The number of hydrogen-bond acceptors (Lipinski definition) is 7. The first-order valence-electron chi connectivity index (χ1n) is 9.27. The lowest BCUT2D eigenvalue weighted by atomic mass is 10.2. The molecule has 2 aromatic carbocycles. The van der Waals surface area contributed by atoms with E-state index in [0.717, 1.165) is 6.07 Å². The number of nitro benzene ring substituents is 1. The Bertz CT molecular complexity index is 1290. The summed E-state index contributed by atoms with van der Waals surface area (Å²) < 4.78 is 40.6. The van der Waals surface area contributed by atoms with Crippen LogP contribution in [0.3, 0.4) is 0 Å². The van der Waals surface area contributed by atoms with Gasteiger partial charge in [0.05, 0.1) is 20.5 Å². The lowest BCUT2D eigenvalue weighted by Gasteiger charge is -2.33. The van der Waals surface area contributed by atoms with E-state index in [1.807, 2.05) is 10.3 Å². The Labute approximate surface area is 197 Å². The van der Waals surface area contributed by atoms with Gasteiger partial charge in [-0.05, 0) is 30.3 Å². The van der Waals surface area contributed by atoms with E-state index in [1.54, 1.807) is 6.07 Å². The Morgan fingerprint density at radius 3 is 2.44 bits per heavy atom. The van der Waals surface area contributed by atoms with Crippen molar-refractivity contribution in [2.45, 2.75) is 4.90 Å². The van der Waals surface area contributed by atoms with Crippen molar-refractivity contribution in [1.82, 2.24) is 9.29 Å². The van der Waals surface area contributed by atoms with Gasteiger partial charge in [0.15, 0.2) is 5.13 Å². The maximum atomic E-state index is 13.4. The zero-order valence-electron chi connectivity index (χ0n) is 16.2. The number of nitrogens with zero attached hydrogens (tertiary/aromatic N) is 4. The molecule has 0 N–H and O–H groups in total. The van der Waals surface area contributed by atoms with Crippen LogP contribution in [-0.2, 0) is 10.0 Å². The van der Waals surface area contributed by atoms with Crippen LogP contribution in [0.15, 0.2) is 46.7 Å². The summed E-state index contributed by atoms with van der Waals surface area (Å²) in [5.41, 5.74) is 0.877. The lowest BCUT2D eigenvalue weighted by molar-refractivity contribution is -0.384. The van der Waals surface area contributed by atoms with E-state index in [-0.39, 0.29) is 28.0 Å². The Balaban J connectivity index is 1.47. The van der Waals surface area contributed by atoms with E-state index >= 15 is 0 Å². The van der Waals surface area contributed by atoms with Gasteiger partial charge in [0.2, 0.25) is 10.0 Å². The normalized spacial score (nSPS) is 15.2. The molecule has 1 aliphatic heterocycles. The average Bonchev–Trinajstić information content (AvgIpc) is 3.26. The molecule has 0 unspecified atom stereocenters. The third-order valence-electron chi connectivity index (χ3n) is 4.97. The largest absolute Gasteiger partial charge is 0.345 e. The molecule has 32 heavy (non-hydrogen) atoms. The zero-order valence-corrected chi connectivity index (χ0v) is 19.4. The van der Waals surface area contributed by atoms with Crippen molar-refractivity contribution < 1.29 is 17.7 Å². The molecule has 1 aliphatic rings. The Morgan fingerprint density at radius 1 is 1.06 bits per heavy atom. The fourth-order valence-corrected chi connectivity index (χ4v) is 5.96. The number of anilines is 1.